The van der Waals surface area contributed by atoms with Crippen molar-refractivity contribution in [3.05, 3.63) is 42.5 Å². The minimum atomic E-state index is -0.654. The molecule has 8 heteroatoms. The molecule has 0 unspecified atom stereocenters. The molecule has 0 bridgehead atoms. The molecule has 0 radical (unpaired) electrons. The molecule has 0 fully saturated rings. The van der Waals surface area contributed by atoms with Crippen molar-refractivity contribution in [2.45, 2.75) is 12.5 Å². The number of hydrogen-bond acceptors (Lipinski definition) is 6. The highest BCUT2D eigenvalue weighted by Crippen LogP contribution is 2.13. The van der Waals surface area contributed by atoms with Gasteiger partial charge in [-0.2, -0.15) is 11.8 Å². The summed E-state index contributed by atoms with van der Waals surface area (Å²) in [6.07, 6.45) is 5.48. The van der Waals surface area contributed by atoms with E-state index in [0.717, 1.165) is 11.6 Å². The lowest BCUT2D eigenvalue weighted by atomic mass is 10.2. The van der Waals surface area contributed by atoms with Gasteiger partial charge in [0.05, 0.1) is 18.1 Å². The first kappa shape index (κ1) is 18.9. The van der Waals surface area contributed by atoms with Crippen LogP contribution >= 0.6 is 11.8 Å². The number of carbonyl (C=O) groups is 2. The van der Waals surface area contributed by atoms with Gasteiger partial charge in [-0.25, -0.2) is 4.98 Å². The second kappa shape index (κ2) is 9.12. The molecule has 7 nitrogen and oxygen atoms in total. The van der Waals surface area contributed by atoms with Crippen LogP contribution < -0.4 is 15.5 Å². The zero-order chi connectivity index (χ0) is 18.2. The van der Waals surface area contributed by atoms with Gasteiger partial charge in [-0.15, -0.1) is 0 Å². The number of anilines is 2. The van der Waals surface area contributed by atoms with Crippen LogP contribution in [0.1, 0.15) is 17.0 Å². The molecule has 2 rings (SSSR count). The van der Waals surface area contributed by atoms with Gasteiger partial charge in [0.25, 0.3) is 5.91 Å². The molecular formula is C17H22N4O3S. The number of aromatic nitrogens is 1. The standard InChI is InChI=1S/C17H22N4O3S/c1-21(2)15-7-6-12(11-18-15)19-16(22)13(8-10-25-3)20-17(23)14-5-4-9-24-14/h4-7,9,11,13H,8,10H2,1-3H3,(H,19,22)(H,20,23)/t13-/m1/s1. The molecule has 2 heterocycles. The van der Waals surface area contributed by atoms with Gasteiger partial charge in [0.15, 0.2) is 5.76 Å². The molecule has 0 saturated carbocycles. The fraction of sp³-hybridized carbons (Fsp3) is 0.353. The fourth-order valence-electron chi connectivity index (χ4n) is 2.10. The lowest BCUT2D eigenvalue weighted by molar-refractivity contribution is -0.118. The van der Waals surface area contributed by atoms with Crippen molar-refractivity contribution < 1.29 is 14.0 Å². The molecule has 0 aliphatic rings. The van der Waals surface area contributed by atoms with E-state index < -0.39 is 11.9 Å². The van der Waals surface area contributed by atoms with Gasteiger partial charge < -0.3 is 20.0 Å². The minimum absolute atomic E-state index is 0.180. The predicted molar refractivity (Wildman–Crippen MR) is 100 cm³/mol. The van der Waals surface area contributed by atoms with Gasteiger partial charge >= 0.3 is 0 Å². The van der Waals surface area contributed by atoms with E-state index in [2.05, 4.69) is 15.6 Å². The summed E-state index contributed by atoms with van der Waals surface area (Å²) in [4.78, 5) is 30.8. The Morgan fingerprint density at radius 2 is 2.12 bits per heavy atom. The molecule has 0 aliphatic carbocycles. The highest BCUT2D eigenvalue weighted by molar-refractivity contribution is 7.98. The number of pyridine rings is 1. The van der Waals surface area contributed by atoms with E-state index in [-0.39, 0.29) is 11.7 Å². The molecule has 134 valence electrons. The zero-order valence-corrected chi connectivity index (χ0v) is 15.3. The van der Waals surface area contributed by atoms with Gasteiger partial charge in [-0.3, -0.25) is 9.59 Å². The molecule has 0 aromatic carbocycles. The number of rotatable bonds is 8. The number of amides is 2. The van der Waals surface area contributed by atoms with Gasteiger partial charge in [-0.1, -0.05) is 0 Å². The van der Waals surface area contributed by atoms with E-state index in [1.807, 2.05) is 31.3 Å². The van der Waals surface area contributed by atoms with Gasteiger partial charge in [0, 0.05) is 14.1 Å². The Bertz CT molecular complexity index is 686. The molecule has 2 aromatic rings. The van der Waals surface area contributed by atoms with Gasteiger partial charge in [0.1, 0.15) is 11.9 Å². The van der Waals surface area contributed by atoms with E-state index in [0.29, 0.717) is 12.1 Å². The third kappa shape index (κ3) is 5.53. The Labute approximate surface area is 151 Å². The minimum Gasteiger partial charge on any atom is -0.459 e. The van der Waals surface area contributed by atoms with Crippen LogP contribution in [0.25, 0.3) is 0 Å². The topological polar surface area (TPSA) is 87.5 Å². The SMILES string of the molecule is CSCC[C@@H](NC(=O)c1ccco1)C(=O)Nc1ccc(N(C)C)nc1. The second-order valence-corrected chi connectivity index (χ2v) is 6.56. The van der Waals surface area contributed by atoms with Crippen molar-refractivity contribution in [1.29, 1.82) is 0 Å². The van der Waals surface area contributed by atoms with Crippen LogP contribution in [0.15, 0.2) is 41.1 Å². The summed E-state index contributed by atoms with van der Waals surface area (Å²) in [6, 6.07) is 6.12. The third-order valence-electron chi connectivity index (χ3n) is 3.45. The van der Waals surface area contributed by atoms with E-state index in [1.54, 1.807) is 36.2 Å². The van der Waals surface area contributed by atoms with Crippen LogP contribution in [0.4, 0.5) is 11.5 Å². The Kier molecular flexibility index (Phi) is 6.88. The average Bonchev–Trinajstić information content (AvgIpc) is 3.13. The maximum Gasteiger partial charge on any atom is 0.287 e. The first-order valence-electron chi connectivity index (χ1n) is 7.79. The average molecular weight is 362 g/mol. The van der Waals surface area contributed by atoms with Crippen molar-refractivity contribution in [1.82, 2.24) is 10.3 Å². The van der Waals surface area contributed by atoms with Crippen LogP contribution in [0, 0.1) is 0 Å². The summed E-state index contributed by atoms with van der Waals surface area (Å²) < 4.78 is 5.07. The van der Waals surface area contributed by atoms with Crippen LogP contribution in [-0.4, -0.2) is 48.9 Å². The van der Waals surface area contributed by atoms with E-state index in [4.69, 9.17) is 4.42 Å². The van der Waals surface area contributed by atoms with Gasteiger partial charge in [0.2, 0.25) is 5.91 Å². The highest BCUT2D eigenvalue weighted by atomic mass is 32.2. The molecule has 2 aromatic heterocycles. The normalized spacial score (nSPS) is 11.6. The van der Waals surface area contributed by atoms with Crippen LogP contribution in [0.3, 0.4) is 0 Å². The zero-order valence-electron chi connectivity index (χ0n) is 14.5. The summed E-state index contributed by atoms with van der Waals surface area (Å²) >= 11 is 1.61. The largest absolute Gasteiger partial charge is 0.459 e. The first-order chi connectivity index (χ1) is 12.0. The van der Waals surface area contributed by atoms with Crippen LogP contribution in [0.2, 0.25) is 0 Å². The number of nitrogens with one attached hydrogen (secondary N) is 2. The van der Waals surface area contributed by atoms with Crippen molar-refractivity contribution in [3.63, 3.8) is 0 Å². The van der Waals surface area contributed by atoms with E-state index in [9.17, 15) is 9.59 Å². The Balaban J connectivity index is 2.02. The van der Waals surface area contributed by atoms with E-state index >= 15 is 0 Å². The molecule has 2 N–H and O–H groups in total. The molecule has 0 saturated heterocycles. The molecular weight excluding hydrogens is 340 g/mol. The smallest absolute Gasteiger partial charge is 0.287 e. The first-order valence-corrected chi connectivity index (χ1v) is 9.18. The molecule has 1 atom stereocenters. The van der Waals surface area contributed by atoms with Gasteiger partial charge in [-0.05, 0) is 42.7 Å². The van der Waals surface area contributed by atoms with Crippen molar-refractivity contribution >= 4 is 35.1 Å². The van der Waals surface area contributed by atoms with E-state index in [1.165, 1.54) is 6.26 Å². The Morgan fingerprint density at radius 3 is 2.68 bits per heavy atom. The Morgan fingerprint density at radius 1 is 1.32 bits per heavy atom. The fourth-order valence-corrected chi connectivity index (χ4v) is 2.57. The van der Waals surface area contributed by atoms with Crippen molar-refractivity contribution in [3.8, 4) is 0 Å². The summed E-state index contributed by atoms with van der Waals surface area (Å²) in [5, 5.41) is 5.51. The van der Waals surface area contributed by atoms with Crippen molar-refractivity contribution in [2.24, 2.45) is 0 Å². The monoisotopic (exact) mass is 362 g/mol. The maximum atomic E-state index is 12.5. The summed E-state index contributed by atoms with van der Waals surface area (Å²) in [6.45, 7) is 0. The molecule has 2 amide bonds. The number of nitrogens with zero attached hydrogens (tertiary/aromatic N) is 2. The number of hydrogen-bond donors (Lipinski definition) is 2. The highest BCUT2D eigenvalue weighted by Gasteiger charge is 2.22. The quantitative estimate of drug-likeness (QED) is 0.749. The lowest BCUT2D eigenvalue weighted by Crippen LogP contribution is -2.44. The molecule has 0 spiro atoms. The van der Waals surface area contributed by atoms with Crippen LogP contribution in [-0.2, 0) is 4.79 Å². The summed E-state index contributed by atoms with van der Waals surface area (Å²) in [5.74, 6) is 1.02. The Hall–Kier alpha value is -2.48. The third-order valence-corrected chi connectivity index (χ3v) is 4.09. The summed E-state index contributed by atoms with van der Waals surface area (Å²) in [5.41, 5.74) is 0.581. The van der Waals surface area contributed by atoms with Crippen molar-refractivity contribution in [2.75, 3.05) is 36.3 Å². The second-order valence-electron chi connectivity index (χ2n) is 5.57. The summed E-state index contributed by atoms with van der Waals surface area (Å²) in [7, 11) is 3.78. The number of carbonyl (C=O) groups excluding carboxylic acids is 2. The molecule has 0 aliphatic heterocycles. The number of furan rings is 1. The predicted octanol–water partition coefficient (Wildman–Crippen LogP) is 2.23. The maximum absolute atomic E-state index is 12.5. The molecule has 25 heavy (non-hydrogen) atoms. The number of thioether (sulfide) groups is 1. The van der Waals surface area contributed by atoms with Crippen LogP contribution in [0.5, 0.6) is 0 Å². The lowest BCUT2D eigenvalue weighted by Gasteiger charge is -2.18.